The van der Waals surface area contributed by atoms with E-state index in [4.69, 9.17) is 11.6 Å². The summed E-state index contributed by atoms with van der Waals surface area (Å²) in [5, 5.41) is 0.253. The Kier molecular flexibility index (Phi) is 4.13. The van der Waals surface area contributed by atoms with E-state index in [0.29, 0.717) is 0 Å². The molecule has 0 aromatic carbocycles. The Morgan fingerprint density at radius 1 is 1.38 bits per heavy atom. The number of ether oxygens (including phenoxy) is 1. The number of esters is 2. The Balaban J connectivity index is 2.62. The van der Waals surface area contributed by atoms with Crippen molar-refractivity contribution < 1.29 is 19.1 Å². The van der Waals surface area contributed by atoms with E-state index in [1.165, 1.54) is 18.3 Å². The van der Waals surface area contributed by atoms with Gasteiger partial charge in [-0.2, -0.15) is 0 Å². The van der Waals surface area contributed by atoms with E-state index in [1.807, 2.05) is 0 Å². The number of aromatic nitrogens is 1. The van der Waals surface area contributed by atoms with E-state index in [0.717, 1.165) is 6.92 Å². The molecule has 5 nitrogen and oxygen atoms in total. The highest BCUT2D eigenvalue weighted by molar-refractivity contribution is 6.29. The molecule has 0 saturated carbocycles. The van der Waals surface area contributed by atoms with Crippen LogP contribution in [0.3, 0.4) is 0 Å². The third kappa shape index (κ3) is 3.78. The predicted octanol–water partition coefficient (Wildman–Crippen LogP) is 1.40. The van der Waals surface area contributed by atoms with Crippen molar-refractivity contribution in [1.29, 1.82) is 0 Å². The lowest BCUT2D eigenvalue weighted by Crippen LogP contribution is -2.14. The van der Waals surface area contributed by atoms with E-state index in [2.05, 4.69) is 9.72 Å². The van der Waals surface area contributed by atoms with Gasteiger partial charge in [0.15, 0.2) is 5.78 Å². The first-order valence-corrected chi connectivity index (χ1v) is 4.73. The Bertz CT molecular complexity index is 427. The molecule has 84 valence electrons. The van der Waals surface area contributed by atoms with Crippen LogP contribution in [-0.4, -0.2) is 22.7 Å². The minimum atomic E-state index is -0.882. The van der Waals surface area contributed by atoms with Crippen molar-refractivity contribution in [2.24, 2.45) is 0 Å². The first-order chi connectivity index (χ1) is 7.49. The molecule has 0 amide bonds. The van der Waals surface area contributed by atoms with Crippen molar-refractivity contribution in [3.63, 3.8) is 0 Å². The highest BCUT2D eigenvalue weighted by atomic mass is 35.5. The standard InChI is InChI=1S/C10H8ClNO4/c1-6(13)16-10(15)4-8(14)7-2-3-9(11)12-5-7/h2-3,5H,4H2,1H3. The normalized spacial score (nSPS) is 9.62. The van der Waals surface area contributed by atoms with Crippen LogP contribution in [-0.2, 0) is 14.3 Å². The fourth-order valence-electron chi connectivity index (χ4n) is 0.970. The smallest absolute Gasteiger partial charge is 0.321 e. The molecule has 1 aromatic rings. The molecule has 1 heterocycles. The maximum atomic E-state index is 11.5. The van der Waals surface area contributed by atoms with Crippen LogP contribution in [0.2, 0.25) is 5.15 Å². The van der Waals surface area contributed by atoms with E-state index < -0.39 is 24.1 Å². The van der Waals surface area contributed by atoms with Gasteiger partial charge in [0, 0.05) is 18.7 Å². The lowest BCUT2D eigenvalue weighted by Gasteiger charge is -2.00. The Hall–Kier alpha value is -1.75. The minimum Gasteiger partial charge on any atom is -0.393 e. The number of Topliss-reactive ketones (excluding diaryl/α,β-unsaturated/α-hetero) is 1. The Labute approximate surface area is 96.4 Å². The number of hydrogen-bond donors (Lipinski definition) is 0. The quantitative estimate of drug-likeness (QED) is 0.346. The van der Waals surface area contributed by atoms with E-state index in [1.54, 1.807) is 0 Å². The summed E-state index contributed by atoms with van der Waals surface area (Å²) >= 11 is 5.53. The first kappa shape index (κ1) is 12.3. The zero-order valence-electron chi connectivity index (χ0n) is 8.40. The summed E-state index contributed by atoms with van der Waals surface area (Å²) in [6, 6.07) is 2.88. The van der Waals surface area contributed by atoms with E-state index in [-0.39, 0.29) is 10.7 Å². The number of carbonyl (C=O) groups is 3. The molecule has 1 rings (SSSR count). The molecule has 16 heavy (non-hydrogen) atoms. The molecule has 0 saturated heterocycles. The van der Waals surface area contributed by atoms with Crippen molar-refractivity contribution >= 4 is 29.3 Å². The number of hydrogen-bond acceptors (Lipinski definition) is 5. The molecule has 0 bridgehead atoms. The first-order valence-electron chi connectivity index (χ1n) is 4.35. The number of rotatable bonds is 3. The second-order valence-corrected chi connectivity index (χ2v) is 3.32. The summed E-state index contributed by atoms with van der Waals surface area (Å²) in [5.74, 6) is -2.10. The van der Waals surface area contributed by atoms with Crippen LogP contribution >= 0.6 is 11.6 Å². The predicted molar refractivity (Wildman–Crippen MR) is 55.0 cm³/mol. The maximum absolute atomic E-state index is 11.5. The van der Waals surface area contributed by atoms with Gasteiger partial charge in [-0.25, -0.2) is 4.98 Å². The van der Waals surface area contributed by atoms with Gasteiger partial charge in [0.1, 0.15) is 11.6 Å². The maximum Gasteiger partial charge on any atom is 0.321 e. The molecule has 0 spiro atoms. The Morgan fingerprint density at radius 2 is 2.06 bits per heavy atom. The summed E-state index contributed by atoms with van der Waals surface area (Å²) in [6.45, 7) is 1.09. The summed E-state index contributed by atoms with van der Waals surface area (Å²) < 4.78 is 4.22. The molecule has 0 unspecified atom stereocenters. The second-order valence-electron chi connectivity index (χ2n) is 2.94. The average Bonchev–Trinajstić information content (AvgIpc) is 2.16. The van der Waals surface area contributed by atoms with Crippen LogP contribution in [0, 0.1) is 0 Å². The molecule has 0 radical (unpaired) electrons. The third-order valence-corrected chi connectivity index (χ3v) is 1.84. The van der Waals surface area contributed by atoms with E-state index in [9.17, 15) is 14.4 Å². The lowest BCUT2D eigenvalue weighted by atomic mass is 10.1. The van der Waals surface area contributed by atoms with Gasteiger partial charge in [-0.3, -0.25) is 14.4 Å². The molecule has 0 aliphatic heterocycles. The van der Waals surface area contributed by atoms with Gasteiger partial charge in [0.2, 0.25) is 0 Å². The molecule has 0 aliphatic rings. The van der Waals surface area contributed by atoms with Crippen molar-refractivity contribution in [2.45, 2.75) is 13.3 Å². The highest BCUT2D eigenvalue weighted by Crippen LogP contribution is 2.07. The molecule has 6 heteroatoms. The van der Waals surface area contributed by atoms with Gasteiger partial charge in [-0.1, -0.05) is 11.6 Å². The molecule has 0 fully saturated rings. The van der Waals surface area contributed by atoms with Gasteiger partial charge in [-0.15, -0.1) is 0 Å². The van der Waals surface area contributed by atoms with Gasteiger partial charge in [0.05, 0.1) is 0 Å². The van der Waals surface area contributed by atoms with Crippen LogP contribution in [0.4, 0.5) is 0 Å². The average molecular weight is 242 g/mol. The SMILES string of the molecule is CC(=O)OC(=O)CC(=O)c1ccc(Cl)nc1. The third-order valence-electron chi connectivity index (χ3n) is 1.61. The molecule has 1 aromatic heterocycles. The van der Waals surface area contributed by atoms with Crippen LogP contribution in [0.5, 0.6) is 0 Å². The number of ketones is 1. The van der Waals surface area contributed by atoms with E-state index >= 15 is 0 Å². The van der Waals surface area contributed by atoms with Crippen LogP contribution in [0.15, 0.2) is 18.3 Å². The number of halogens is 1. The summed E-state index contributed by atoms with van der Waals surface area (Å²) in [5.41, 5.74) is 0.241. The summed E-state index contributed by atoms with van der Waals surface area (Å²) in [7, 11) is 0. The van der Waals surface area contributed by atoms with Crippen LogP contribution in [0.25, 0.3) is 0 Å². The largest absolute Gasteiger partial charge is 0.393 e. The molecule has 0 atom stereocenters. The lowest BCUT2D eigenvalue weighted by molar-refractivity contribution is -0.157. The summed E-state index contributed by atoms with van der Waals surface area (Å²) in [6.07, 6.45) is 0.759. The van der Waals surface area contributed by atoms with Gasteiger partial charge in [-0.05, 0) is 12.1 Å². The van der Waals surface area contributed by atoms with Gasteiger partial charge < -0.3 is 4.74 Å². The number of pyridine rings is 1. The van der Waals surface area contributed by atoms with Gasteiger partial charge >= 0.3 is 11.9 Å². The molecular weight excluding hydrogens is 234 g/mol. The molecular formula is C10H8ClNO4. The number of carbonyl (C=O) groups excluding carboxylic acids is 3. The Morgan fingerprint density at radius 3 is 2.56 bits per heavy atom. The minimum absolute atomic E-state index is 0.241. The fraction of sp³-hybridized carbons (Fsp3) is 0.200. The zero-order valence-corrected chi connectivity index (χ0v) is 9.15. The molecule has 0 N–H and O–H groups in total. The van der Waals surface area contributed by atoms with Gasteiger partial charge in [0.25, 0.3) is 0 Å². The monoisotopic (exact) mass is 241 g/mol. The number of nitrogens with zero attached hydrogens (tertiary/aromatic N) is 1. The zero-order chi connectivity index (χ0) is 12.1. The molecule has 0 aliphatic carbocycles. The highest BCUT2D eigenvalue weighted by Gasteiger charge is 2.14. The fourth-order valence-corrected chi connectivity index (χ4v) is 1.08. The van der Waals surface area contributed by atoms with Crippen LogP contribution in [0.1, 0.15) is 23.7 Å². The summed E-state index contributed by atoms with van der Waals surface area (Å²) in [4.78, 5) is 36.6. The van der Waals surface area contributed by atoms with Crippen molar-refractivity contribution in [1.82, 2.24) is 4.98 Å². The second kappa shape index (κ2) is 5.37. The van der Waals surface area contributed by atoms with Crippen molar-refractivity contribution in [2.75, 3.05) is 0 Å². The van der Waals surface area contributed by atoms with Crippen molar-refractivity contribution in [3.8, 4) is 0 Å². The topological polar surface area (TPSA) is 73.3 Å². The van der Waals surface area contributed by atoms with Crippen LogP contribution < -0.4 is 0 Å². The van der Waals surface area contributed by atoms with Crippen molar-refractivity contribution in [3.05, 3.63) is 29.0 Å².